The van der Waals surface area contributed by atoms with Crippen LogP contribution in [-0.4, -0.2) is 35.4 Å². The Morgan fingerprint density at radius 1 is 1.06 bits per heavy atom. The second-order valence-electron chi connectivity index (χ2n) is 2.97. The summed E-state index contributed by atoms with van der Waals surface area (Å²) in [4.78, 5) is 19.2. The van der Waals surface area contributed by atoms with E-state index < -0.39 is 11.9 Å². The van der Waals surface area contributed by atoms with Crippen molar-refractivity contribution in [3.8, 4) is 0 Å². The van der Waals surface area contributed by atoms with E-state index in [2.05, 4.69) is 0 Å². The van der Waals surface area contributed by atoms with E-state index in [0.29, 0.717) is 5.56 Å². The van der Waals surface area contributed by atoms with Crippen molar-refractivity contribution >= 4 is 11.9 Å². The fourth-order valence-electron chi connectivity index (χ4n) is 0.785. The zero-order valence-corrected chi connectivity index (χ0v) is 10.9. The van der Waals surface area contributed by atoms with Crippen LogP contribution in [0.1, 0.15) is 31.1 Å². The molecule has 1 aromatic rings. The predicted molar refractivity (Wildman–Crippen MR) is 68.9 cm³/mol. The molecule has 0 amide bonds. The highest BCUT2D eigenvalue weighted by Crippen LogP contribution is 1.96. The molecule has 0 aliphatic rings. The molecule has 1 rings (SSSR count). The van der Waals surface area contributed by atoms with E-state index in [9.17, 15) is 4.79 Å². The molecule has 0 radical (unpaired) electrons. The van der Waals surface area contributed by atoms with Crippen LogP contribution >= 0.6 is 0 Å². The van der Waals surface area contributed by atoms with Crippen LogP contribution in [0.4, 0.5) is 0 Å². The summed E-state index contributed by atoms with van der Waals surface area (Å²) in [5, 5.41) is 15.8. The highest BCUT2D eigenvalue weighted by molar-refractivity contribution is 5.87. The Labute approximate surface area is 107 Å². The number of carboxylic acids is 2. The average molecular weight is 256 g/mol. The average Bonchev–Trinajstić information content (AvgIpc) is 2.31. The molecule has 0 aliphatic heterocycles. The van der Waals surface area contributed by atoms with Gasteiger partial charge in [-0.05, 0) is 26.0 Å². The molecule has 0 bridgehead atoms. The summed E-state index contributed by atoms with van der Waals surface area (Å²) in [6, 6.07) is 8.30. The summed E-state index contributed by atoms with van der Waals surface area (Å²) in [7, 11) is 0. The van der Waals surface area contributed by atoms with E-state index in [1.807, 2.05) is 13.8 Å². The van der Waals surface area contributed by atoms with Crippen LogP contribution in [0.5, 0.6) is 0 Å². The van der Waals surface area contributed by atoms with Gasteiger partial charge in [0.25, 0.3) is 5.97 Å². The monoisotopic (exact) mass is 256 g/mol. The van der Waals surface area contributed by atoms with Gasteiger partial charge in [-0.25, -0.2) is 4.79 Å². The Bertz CT molecular complexity index is 315. The van der Waals surface area contributed by atoms with E-state index in [1.165, 1.54) is 0 Å². The molecular formula is C13H20O5. The molecule has 0 aromatic heterocycles. The van der Waals surface area contributed by atoms with E-state index in [1.54, 1.807) is 30.3 Å². The van der Waals surface area contributed by atoms with Crippen molar-refractivity contribution in [2.24, 2.45) is 0 Å². The first kappa shape index (κ1) is 18.5. The number of ether oxygens (including phenoxy) is 1. The number of aromatic carboxylic acids is 1. The fraction of sp³-hybridized carbons (Fsp3) is 0.385. The van der Waals surface area contributed by atoms with Gasteiger partial charge in [0.05, 0.1) is 5.56 Å². The van der Waals surface area contributed by atoms with Crippen LogP contribution in [0.15, 0.2) is 30.3 Å². The minimum Gasteiger partial charge on any atom is -0.481 e. The lowest BCUT2D eigenvalue weighted by Gasteiger charge is -1.88. The van der Waals surface area contributed by atoms with Crippen molar-refractivity contribution in [2.75, 3.05) is 13.2 Å². The van der Waals surface area contributed by atoms with E-state index in [0.717, 1.165) is 20.1 Å². The molecule has 0 atom stereocenters. The van der Waals surface area contributed by atoms with Gasteiger partial charge in [0, 0.05) is 20.1 Å². The number of carbonyl (C=O) groups is 2. The summed E-state index contributed by atoms with van der Waals surface area (Å²) in [5.74, 6) is -1.71. The van der Waals surface area contributed by atoms with Crippen LogP contribution in [0, 0.1) is 0 Å². The van der Waals surface area contributed by atoms with E-state index >= 15 is 0 Å². The van der Waals surface area contributed by atoms with Gasteiger partial charge in [-0.1, -0.05) is 18.2 Å². The maximum Gasteiger partial charge on any atom is 0.335 e. The minimum absolute atomic E-state index is 0.331. The Balaban J connectivity index is 0. The molecule has 0 saturated heterocycles. The number of carboxylic acid groups (broad SMARTS) is 2. The molecule has 18 heavy (non-hydrogen) atoms. The van der Waals surface area contributed by atoms with Gasteiger partial charge >= 0.3 is 5.97 Å². The molecule has 5 heteroatoms. The van der Waals surface area contributed by atoms with Crippen LogP contribution < -0.4 is 0 Å². The third kappa shape index (κ3) is 16.5. The second-order valence-corrected chi connectivity index (χ2v) is 2.97. The lowest BCUT2D eigenvalue weighted by Crippen LogP contribution is -1.93. The maximum absolute atomic E-state index is 10.2. The van der Waals surface area contributed by atoms with Crippen molar-refractivity contribution in [3.63, 3.8) is 0 Å². The van der Waals surface area contributed by atoms with Crippen LogP contribution in [0.3, 0.4) is 0 Å². The zero-order chi connectivity index (χ0) is 14.4. The van der Waals surface area contributed by atoms with Crippen LogP contribution in [-0.2, 0) is 9.53 Å². The number of aliphatic carboxylic acids is 1. The Kier molecular flexibility index (Phi) is 13.5. The molecule has 2 N–H and O–H groups in total. The quantitative estimate of drug-likeness (QED) is 0.868. The molecule has 5 nitrogen and oxygen atoms in total. The van der Waals surface area contributed by atoms with Gasteiger partial charge in [-0.3, -0.25) is 4.79 Å². The van der Waals surface area contributed by atoms with Gasteiger partial charge in [0.1, 0.15) is 0 Å². The molecule has 0 saturated carbocycles. The van der Waals surface area contributed by atoms with Gasteiger partial charge < -0.3 is 14.9 Å². The molecule has 0 heterocycles. The lowest BCUT2D eigenvalue weighted by atomic mass is 10.2. The number of hydrogen-bond acceptors (Lipinski definition) is 3. The largest absolute Gasteiger partial charge is 0.481 e. The second kappa shape index (κ2) is 13.2. The van der Waals surface area contributed by atoms with E-state index in [-0.39, 0.29) is 0 Å². The summed E-state index contributed by atoms with van der Waals surface area (Å²) in [5.41, 5.74) is 0.331. The van der Waals surface area contributed by atoms with Gasteiger partial charge in [-0.15, -0.1) is 0 Å². The van der Waals surface area contributed by atoms with Crippen LogP contribution in [0.2, 0.25) is 0 Å². The molecule has 1 aromatic carbocycles. The zero-order valence-electron chi connectivity index (χ0n) is 10.9. The fourth-order valence-corrected chi connectivity index (χ4v) is 0.785. The minimum atomic E-state index is -0.879. The number of hydrogen-bond donors (Lipinski definition) is 2. The highest BCUT2D eigenvalue weighted by Gasteiger charge is 1.96. The normalized spacial score (nSPS) is 8.17. The maximum atomic E-state index is 10.2. The molecule has 0 fully saturated rings. The predicted octanol–water partition coefficient (Wildman–Crippen LogP) is 2.52. The van der Waals surface area contributed by atoms with Gasteiger partial charge in [0.15, 0.2) is 0 Å². The molecule has 102 valence electrons. The smallest absolute Gasteiger partial charge is 0.335 e. The summed E-state index contributed by atoms with van der Waals surface area (Å²) in [6.45, 7) is 6.75. The lowest BCUT2D eigenvalue weighted by molar-refractivity contribution is -0.134. The molecule has 0 spiro atoms. The molecule has 0 unspecified atom stereocenters. The summed E-state index contributed by atoms with van der Waals surface area (Å²) < 4.78 is 4.83. The Morgan fingerprint density at radius 3 is 1.61 bits per heavy atom. The summed E-state index contributed by atoms with van der Waals surface area (Å²) in [6.07, 6.45) is 0. The van der Waals surface area contributed by atoms with Crippen LogP contribution in [0.25, 0.3) is 0 Å². The number of rotatable bonds is 3. The molecule has 0 aliphatic carbocycles. The SMILES string of the molecule is CC(=O)O.CCOCC.O=C(O)c1ccccc1. The topological polar surface area (TPSA) is 83.8 Å². The molecular weight excluding hydrogens is 236 g/mol. The van der Waals surface area contributed by atoms with Gasteiger partial charge in [0.2, 0.25) is 0 Å². The van der Waals surface area contributed by atoms with E-state index in [4.69, 9.17) is 19.7 Å². The highest BCUT2D eigenvalue weighted by atomic mass is 16.5. The number of benzene rings is 1. The standard InChI is InChI=1S/C7H6O2.C4H10O.C2H4O2/c8-7(9)6-4-2-1-3-5-6;1-3-5-4-2;1-2(3)4/h1-5H,(H,8,9);3-4H2,1-2H3;1H3,(H,3,4). The first-order valence-electron chi connectivity index (χ1n) is 5.51. The van der Waals surface area contributed by atoms with Crippen molar-refractivity contribution in [2.45, 2.75) is 20.8 Å². The first-order valence-corrected chi connectivity index (χ1v) is 5.51. The van der Waals surface area contributed by atoms with Gasteiger partial charge in [-0.2, -0.15) is 0 Å². The third-order valence-electron chi connectivity index (χ3n) is 1.43. The third-order valence-corrected chi connectivity index (χ3v) is 1.43. The van der Waals surface area contributed by atoms with Crippen molar-refractivity contribution in [1.29, 1.82) is 0 Å². The first-order chi connectivity index (χ1) is 8.45. The van der Waals surface area contributed by atoms with Crippen molar-refractivity contribution < 1.29 is 24.5 Å². The Hall–Kier alpha value is -1.88. The summed E-state index contributed by atoms with van der Waals surface area (Å²) >= 11 is 0. The Morgan fingerprint density at radius 2 is 1.44 bits per heavy atom. The van der Waals surface area contributed by atoms with Crippen molar-refractivity contribution in [1.82, 2.24) is 0 Å². The van der Waals surface area contributed by atoms with Crippen molar-refractivity contribution in [3.05, 3.63) is 35.9 Å².